The Morgan fingerprint density at radius 1 is 1.62 bits per heavy atom. The van der Waals surface area contributed by atoms with Gasteiger partial charge in [0.25, 0.3) is 0 Å². The number of aliphatic hydroxyl groups excluding tert-OH is 1. The second-order valence-electron chi connectivity index (χ2n) is 3.23. The van der Waals surface area contributed by atoms with E-state index in [2.05, 4.69) is 11.3 Å². The Morgan fingerprint density at radius 3 is 2.54 bits per heavy atom. The average Bonchev–Trinajstić information content (AvgIpc) is 2.00. The van der Waals surface area contributed by atoms with E-state index in [9.17, 15) is 9.90 Å². The first-order valence-electron chi connectivity index (χ1n) is 4.12. The van der Waals surface area contributed by atoms with E-state index in [1.165, 1.54) is 0 Å². The zero-order chi connectivity index (χ0) is 10.4. The molecule has 4 nitrogen and oxygen atoms in total. The van der Waals surface area contributed by atoms with Gasteiger partial charge < -0.3 is 14.7 Å². The minimum Gasteiger partial charge on any atom is -0.433 e. The third-order valence-electron chi connectivity index (χ3n) is 1.41. The fraction of sp³-hybridized carbons (Fsp3) is 0.667. The molecule has 0 fully saturated rings. The molecular weight excluding hydrogens is 170 g/mol. The lowest BCUT2D eigenvalue weighted by Crippen LogP contribution is -2.23. The molecule has 0 amide bonds. The standard InChI is InChI=1S/C9H17NO3/c1-7(2)9(12)13-8(11)5-6-10(3)4/h8,11H,1,5-6H2,2-4H3. The molecule has 0 heterocycles. The number of nitrogens with zero attached hydrogens (tertiary/aromatic N) is 1. The molecule has 1 N–H and O–H groups in total. The van der Waals surface area contributed by atoms with Crippen molar-refractivity contribution >= 4 is 5.97 Å². The molecule has 0 aromatic heterocycles. The molecule has 0 radical (unpaired) electrons. The molecule has 1 atom stereocenters. The maximum Gasteiger partial charge on any atom is 0.335 e. The highest BCUT2D eigenvalue weighted by atomic mass is 16.6. The fourth-order valence-electron chi connectivity index (χ4n) is 0.652. The lowest BCUT2D eigenvalue weighted by atomic mass is 10.3. The Kier molecular flexibility index (Phi) is 5.34. The summed E-state index contributed by atoms with van der Waals surface area (Å²) in [6.45, 7) is 5.62. The summed E-state index contributed by atoms with van der Waals surface area (Å²) in [5, 5.41) is 9.21. The molecule has 0 aliphatic rings. The molecule has 0 rings (SSSR count). The smallest absolute Gasteiger partial charge is 0.335 e. The van der Waals surface area contributed by atoms with Gasteiger partial charge in [-0.2, -0.15) is 0 Å². The van der Waals surface area contributed by atoms with E-state index < -0.39 is 12.3 Å². The molecule has 0 saturated heterocycles. The van der Waals surface area contributed by atoms with Gasteiger partial charge in [-0.05, 0) is 21.0 Å². The molecule has 76 valence electrons. The van der Waals surface area contributed by atoms with Crippen LogP contribution in [-0.4, -0.2) is 42.9 Å². The first kappa shape index (κ1) is 12.1. The lowest BCUT2D eigenvalue weighted by Gasteiger charge is -2.14. The molecule has 0 bridgehead atoms. The van der Waals surface area contributed by atoms with E-state index >= 15 is 0 Å². The van der Waals surface area contributed by atoms with Gasteiger partial charge in [0.2, 0.25) is 6.29 Å². The minimum absolute atomic E-state index is 0.295. The molecule has 4 heteroatoms. The predicted molar refractivity (Wildman–Crippen MR) is 50.1 cm³/mol. The summed E-state index contributed by atoms with van der Waals surface area (Å²) in [6, 6.07) is 0. The lowest BCUT2D eigenvalue weighted by molar-refractivity contribution is -0.164. The van der Waals surface area contributed by atoms with Gasteiger partial charge in [0.05, 0.1) is 0 Å². The Balaban J connectivity index is 3.68. The zero-order valence-corrected chi connectivity index (χ0v) is 8.41. The maximum absolute atomic E-state index is 10.9. The van der Waals surface area contributed by atoms with Gasteiger partial charge in [0.15, 0.2) is 0 Å². The molecule has 0 aromatic carbocycles. The van der Waals surface area contributed by atoms with E-state index in [0.717, 1.165) is 0 Å². The highest BCUT2D eigenvalue weighted by Gasteiger charge is 2.11. The Morgan fingerprint density at radius 2 is 2.15 bits per heavy atom. The van der Waals surface area contributed by atoms with Crippen molar-refractivity contribution in [1.82, 2.24) is 4.90 Å². The number of esters is 1. The molecule has 0 spiro atoms. The monoisotopic (exact) mass is 187 g/mol. The van der Waals surface area contributed by atoms with Crippen molar-refractivity contribution in [2.75, 3.05) is 20.6 Å². The van der Waals surface area contributed by atoms with Gasteiger partial charge in [0, 0.05) is 18.5 Å². The molecule has 0 aromatic rings. The largest absolute Gasteiger partial charge is 0.433 e. The summed E-state index contributed by atoms with van der Waals surface area (Å²) >= 11 is 0. The van der Waals surface area contributed by atoms with E-state index in [1.54, 1.807) is 6.92 Å². The van der Waals surface area contributed by atoms with E-state index in [4.69, 9.17) is 0 Å². The quantitative estimate of drug-likeness (QED) is 0.384. The van der Waals surface area contributed by atoms with Crippen LogP contribution in [-0.2, 0) is 9.53 Å². The average molecular weight is 187 g/mol. The van der Waals surface area contributed by atoms with Crippen LogP contribution in [0, 0.1) is 0 Å². The summed E-state index contributed by atoms with van der Waals surface area (Å²) in [7, 11) is 3.76. The van der Waals surface area contributed by atoms with Crippen LogP contribution in [0.1, 0.15) is 13.3 Å². The van der Waals surface area contributed by atoms with Gasteiger partial charge in [-0.3, -0.25) is 0 Å². The summed E-state index contributed by atoms with van der Waals surface area (Å²) in [5.41, 5.74) is 0.295. The van der Waals surface area contributed by atoms with Crippen LogP contribution in [0.25, 0.3) is 0 Å². The van der Waals surface area contributed by atoms with Crippen molar-refractivity contribution in [1.29, 1.82) is 0 Å². The number of aliphatic hydroxyl groups is 1. The predicted octanol–water partition coefficient (Wildman–Crippen LogP) is 0.376. The van der Waals surface area contributed by atoms with Crippen LogP contribution in [0.15, 0.2) is 12.2 Å². The summed E-state index contributed by atoms with van der Waals surface area (Å²) in [6.07, 6.45) is -0.627. The highest BCUT2D eigenvalue weighted by Crippen LogP contribution is 2.00. The third kappa shape index (κ3) is 6.31. The summed E-state index contributed by atoms with van der Waals surface area (Å²) in [5.74, 6) is -0.550. The third-order valence-corrected chi connectivity index (χ3v) is 1.41. The molecule has 1 unspecified atom stereocenters. The second-order valence-corrected chi connectivity index (χ2v) is 3.23. The molecule has 0 aliphatic heterocycles. The van der Waals surface area contributed by atoms with Crippen molar-refractivity contribution < 1.29 is 14.6 Å². The normalized spacial score (nSPS) is 12.7. The van der Waals surface area contributed by atoms with Crippen molar-refractivity contribution in [2.45, 2.75) is 19.6 Å². The van der Waals surface area contributed by atoms with E-state index in [-0.39, 0.29) is 0 Å². The van der Waals surface area contributed by atoms with E-state index in [0.29, 0.717) is 18.5 Å². The first-order chi connectivity index (χ1) is 5.93. The molecule has 0 aliphatic carbocycles. The zero-order valence-electron chi connectivity index (χ0n) is 8.41. The maximum atomic E-state index is 10.9. The van der Waals surface area contributed by atoms with Crippen molar-refractivity contribution in [3.05, 3.63) is 12.2 Å². The summed E-state index contributed by atoms with van der Waals surface area (Å²) < 4.78 is 4.65. The number of ether oxygens (including phenoxy) is 1. The van der Waals surface area contributed by atoms with Crippen LogP contribution in [0.2, 0.25) is 0 Å². The number of rotatable bonds is 5. The van der Waals surface area contributed by atoms with Gasteiger partial charge in [-0.25, -0.2) is 4.79 Å². The molecule has 0 saturated carbocycles. The van der Waals surface area contributed by atoms with Gasteiger partial charge in [-0.15, -0.1) is 0 Å². The second kappa shape index (κ2) is 5.72. The number of hydrogen-bond donors (Lipinski definition) is 1. The first-order valence-corrected chi connectivity index (χ1v) is 4.12. The summed E-state index contributed by atoms with van der Waals surface area (Å²) in [4.78, 5) is 12.8. The fourth-order valence-corrected chi connectivity index (χ4v) is 0.652. The van der Waals surface area contributed by atoms with Gasteiger partial charge in [-0.1, -0.05) is 6.58 Å². The minimum atomic E-state index is -1.04. The van der Waals surface area contributed by atoms with Crippen LogP contribution in [0.5, 0.6) is 0 Å². The highest BCUT2D eigenvalue weighted by molar-refractivity contribution is 5.86. The van der Waals surface area contributed by atoms with Crippen molar-refractivity contribution in [3.8, 4) is 0 Å². The Bertz CT molecular complexity index is 189. The molecular formula is C9H17NO3. The van der Waals surface area contributed by atoms with Crippen LogP contribution in [0.3, 0.4) is 0 Å². The van der Waals surface area contributed by atoms with Crippen LogP contribution < -0.4 is 0 Å². The van der Waals surface area contributed by atoms with Crippen LogP contribution in [0.4, 0.5) is 0 Å². The SMILES string of the molecule is C=C(C)C(=O)OC(O)CCN(C)C. The van der Waals surface area contributed by atoms with Crippen molar-refractivity contribution in [3.63, 3.8) is 0 Å². The topological polar surface area (TPSA) is 49.8 Å². The van der Waals surface area contributed by atoms with Gasteiger partial charge >= 0.3 is 5.97 Å². The number of hydrogen-bond acceptors (Lipinski definition) is 4. The van der Waals surface area contributed by atoms with Gasteiger partial charge in [0.1, 0.15) is 0 Å². The number of carbonyl (C=O) groups is 1. The molecule has 13 heavy (non-hydrogen) atoms. The number of carbonyl (C=O) groups excluding carboxylic acids is 1. The van der Waals surface area contributed by atoms with Crippen molar-refractivity contribution in [2.24, 2.45) is 0 Å². The van der Waals surface area contributed by atoms with Crippen LogP contribution >= 0.6 is 0 Å². The Hall–Kier alpha value is -0.870. The Labute approximate surface area is 78.8 Å². The van der Waals surface area contributed by atoms with E-state index in [1.807, 2.05) is 19.0 Å².